The third-order valence-electron chi connectivity index (χ3n) is 5.95. The lowest BCUT2D eigenvalue weighted by molar-refractivity contribution is -0.666. The van der Waals surface area contributed by atoms with E-state index in [1.165, 1.54) is 42.5 Å². The predicted octanol–water partition coefficient (Wildman–Crippen LogP) is 5.44. The van der Waals surface area contributed by atoms with Gasteiger partial charge in [-0.3, -0.25) is 19.8 Å². The van der Waals surface area contributed by atoms with Gasteiger partial charge in [0.25, 0.3) is 5.91 Å². The van der Waals surface area contributed by atoms with Crippen LogP contribution in [-0.4, -0.2) is 22.8 Å². The number of amides is 1. The van der Waals surface area contributed by atoms with Gasteiger partial charge in [0.15, 0.2) is 0 Å². The van der Waals surface area contributed by atoms with Crippen molar-refractivity contribution in [2.45, 2.75) is 11.6 Å². The van der Waals surface area contributed by atoms with Crippen LogP contribution < -0.4 is 4.90 Å². The van der Waals surface area contributed by atoms with Gasteiger partial charge in [-0.05, 0) is 35.0 Å². The molecule has 0 aliphatic carbocycles. The summed E-state index contributed by atoms with van der Waals surface area (Å²) in [5.74, 6) is -2.73. The molecule has 0 aromatic heterocycles. The van der Waals surface area contributed by atoms with Gasteiger partial charge in [0.1, 0.15) is 4.92 Å². The number of halogens is 2. The Balaban J connectivity index is 1.73. The Labute approximate surface area is 197 Å². The largest absolute Gasteiger partial charge is 0.565 e. The quantitative estimate of drug-likeness (QED) is 0.166. The lowest BCUT2D eigenvalue weighted by atomic mass is 9.92. The third kappa shape index (κ3) is 3.16. The first-order valence-electron chi connectivity index (χ1n) is 10.5. The fourth-order valence-corrected chi connectivity index (χ4v) is 4.36. The normalized spacial score (nSPS) is 17.3. The summed E-state index contributed by atoms with van der Waals surface area (Å²) in [7, 11) is 0. The average Bonchev–Trinajstić information content (AvgIpc) is 3.12. The Hall–Kier alpha value is -4.66. The fourth-order valence-electron chi connectivity index (χ4n) is 4.36. The zero-order chi connectivity index (χ0) is 24.8. The van der Waals surface area contributed by atoms with E-state index < -0.39 is 34.0 Å². The summed E-state index contributed by atoms with van der Waals surface area (Å²) < 4.78 is 36.3. The SMILES string of the molecule is O=C(OC1(C(F)(F)[N+](=O)[O-])C(=O)N(c2ccccc2)c2ccccc21)c1cccc2ccccc12. The number of fused-ring (bicyclic) bond motifs is 2. The van der Waals surface area contributed by atoms with Gasteiger partial charge in [0, 0.05) is 11.3 Å². The maximum absolute atomic E-state index is 15.5. The second-order valence-electron chi connectivity index (χ2n) is 7.89. The highest BCUT2D eigenvalue weighted by molar-refractivity contribution is 6.14. The summed E-state index contributed by atoms with van der Waals surface area (Å²) in [6, 6.07) is 19.4. The molecular weight excluding hydrogens is 458 g/mol. The minimum absolute atomic E-state index is 0.0454. The molecule has 1 aliphatic rings. The van der Waals surface area contributed by atoms with Gasteiger partial charge in [-0.15, -0.1) is 8.78 Å². The van der Waals surface area contributed by atoms with Crippen LogP contribution in [0.5, 0.6) is 0 Å². The molecule has 1 atom stereocenters. The van der Waals surface area contributed by atoms with E-state index in [9.17, 15) is 19.7 Å². The number of ether oxygens (including phenoxy) is 1. The van der Waals surface area contributed by atoms with Crippen LogP contribution in [0.4, 0.5) is 20.2 Å². The van der Waals surface area contributed by atoms with Gasteiger partial charge >= 0.3 is 17.6 Å². The van der Waals surface area contributed by atoms with Gasteiger partial charge in [0.2, 0.25) is 0 Å². The van der Waals surface area contributed by atoms with E-state index in [0.29, 0.717) is 10.8 Å². The standard InChI is InChI=1S/C26H16F2N2O5/c27-26(28,30(33)34)25(35-23(31)20-14-8-10-17-9-4-5-13-19(17)20)21-15-6-7-16-22(21)29(24(25)32)18-11-2-1-3-12-18/h1-16H. The van der Waals surface area contributed by atoms with Crippen LogP contribution in [0.2, 0.25) is 0 Å². The highest BCUT2D eigenvalue weighted by atomic mass is 19.3. The van der Waals surface area contributed by atoms with Gasteiger partial charge in [-0.2, -0.15) is 0 Å². The zero-order valence-electron chi connectivity index (χ0n) is 17.9. The van der Waals surface area contributed by atoms with Crippen molar-refractivity contribution in [2.24, 2.45) is 0 Å². The number of carbonyl (C=O) groups excluding carboxylic acids is 2. The van der Waals surface area contributed by atoms with Crippen LogP contribution >= 0.6 is 0 Å². The number of para-hydroxylation sites is 2. The molecule has 5 rings (SSSR count). The topological polar surface area (TPSA) is 89.7 Å². The molecular formula is C26H16F2N2O5. The molecule has 9 heteroatoms. The zero-order valence-corrected chi connectivity index (χ0v) is 17.9. The highest BCUT2D eigenvalue weighted by Gasteiger charge is 2.78. The lowest BCUT2D eigenvalue weighted by Gasteiger charge is -2.29. The molecule has 1 aliphatic heterocycles. The summed E-state index contributed by atoms with van der Waals surface area (Å²) >= 11 is 0. The number of benzene rings is 4. The maximum Gasteiger partial charge on any atom is 0.565 e. The maximum atomic E-state index is 15.5. The smallest absolute Gasteiger partial charge is 0.426 e. The van der Waals surface area contributed by atoms with Crippen LogP contribution in [-0.2, 0) is 15.1 Å². The number of hydrogen-bond acceptors (Lipinski definition) is 5. The van der Waals surface area contributed by atoms with E-state index >= 15 is 8.78 Å². The number of nitro groups is 1. The fraction of sp³-hybridized carbons (Fsp3) is 0.0769. The minimum Gasteiger partial charge on any atom is -0.426 e. The lowest BCUT2D eigenvalue weighted by Crippen LogP contribution is -2.58. The second kappa shape index (κ2) is 7.98. The Bertz CT molecular complexity index is 1490. The van der Waals surface area contributed by atoms with Crippen molar-refractivity contribution in [2.75, 3.05) is 4.90 Å². The molecule has 0 saturated carbocycles. The minimum atomic E-state index is -4.98. The van der Waals surface area contributed by atoms with E-state index in [0.717, 1.165) is 11.0 Å². The number of alkyl halides is 2. The van der Waals surface area contributed by atoms with E-state index in [1.54, 1.807) is 48.5 Å². The van der Waals surface area contributed by atoms with Crippen LogP contribution in [0.15, 0.2) is 97.1 Å². The number of esters is 1. The molecule has 4 aromatic rings. The summed E-state index contributed by atoms with van der Waals surface area (Å²) in [4.78, 5) is 37.7. The van der Waals surface area contributed by atoms with E-state index in [4.69, 9.17) is 4.74 Å². The van der Waals surface area contributed by atoms with Crippen LogP contribution in [0, 0.1) is 10.1 Å². The van der Waals surface area contributed by atoms with E-state index in [-0.39, 0.29) is 16.9 Å². The molecule has 0 saturated heterocycles. The second-order valence-corrected chi connectivity index (χ2v) is 7.89. The molecule has 35 heavy (non-hydrogen) atoms. The molecule has 0 spiro atoms. The molecule has 1 heterocycles. The number of nitrogens with zero attached hydrogens (tertiary/aromatic N) is 2. The molecule has 0 radical (unpaired) electrons. The van der Waals surface area contributed by atoms with Crippen molar-refractivity contribution in [1.82, 2.24) is 0 Å². The summed E-state index contributed by atoms with van der Waals surface area (Å²) in [5, 5.41) is 12.6. The van der Waals surface area contributed by atoms with E-state index in [1.807, 2.05) is 0 Å². The van der Waals surface area contributed by atoms with Crippen LogP contribution in [0.3, 0.4) is 0 Å². The highest BCUT2D eigenvalue weighted by Crippen LogP contribution is 2.54. The van der Waals surface area contributed by atoms with Crippen molar-refractivity contribution in [3.05, 3.63) is 118 Å². The van der Waals surface area contributed by atoms with Crippen molar-refractivity contribution in [3.8, 4) is 0 Å². The third-order valence-corrected chi connectivity index (χ3v) is 5.95. The number of rotatable bonds is 5. The first-order chi connectivity index (χ1) is 16.8. The Morgan fingerprint density at radius 3 is 2.26 bits per heavy atom. The van der Waals surface area contributed by atoms with Gasteiger partial charge in [0.05, 0.1) is 11.3 Å². The molecule has 0 N–H and O–H groups in total. The monoisotopic (exact) mass is 474 g/mol. The summed E-state index contributed by atoms with van der Waals surface area (Å²) in [6.07, 6.45) is 0. The van der Waals surface area contributed by atoms with Crippen molar-refractivity contribution < 1.29 is 28.0 Å². The molecule has 1 amide bonds. The summed E-state index contributed by atoms with van der Waals surface area (Å²) in [5.41, 5.74) is -3.98. The van der Waals surface area contributed by atoms with Crippen molar-refractivity contribution in [1.29, 1.82) is 0 Å². The number of anilines is 2. The Kier molecular flexibility index (Phi) is 5.05. The Morgan fingerprint density at radius 2 is 1.51 bits per heavy atom. The average molecular weight is 474 g/mol. The molecule has 0 fully saturated rings. The first-order valence-corrected chi connectivity index (χ1v) is 10.5. The van der Waals surface area contributed by atoms with Crippen molar-refractivity contribution in [3.63, 3.8) is 0 Å². The molecule has 7 nitrogen and oxygen atoms in total. The molecule has 1 unspecified atom stereocenters. The number of carbonyl (C=O) groups is 2. The van der Waals surface area contributed by atoms with Crippen LogP contribution in [0.25, 0.3) is 10.8 Å². The van der Waals surface area contributed by atoms with Gasteiger partial charge in [-0.1, -0.05) is 72.8 Å². The summed E-state index contributed by atoms with van der Waals surface area (Å²) in [6.45, 7) is 0. The van der Waals surface area contributed by atoms with Crippen LogP contribution in [0.1, 0.15) is 15.9 Å². The predicted molar refractivity (Wildman–Crippen MR) is 123 cm³/mol. The van der Waals surface area contributed by atoms with E-state index in [2.05, 4.69) is 0 Å². The first kappa shape index (κ1) is 22.1. The van der Waals surface area contributed by atoms with Gasteiger partial charge in [-0.25, -0.2) is 4.79 Å². The van der Waals surface area contributed by atoms with Gasteiger partial charge < -0.3 is 4.74 Å². The molecule has 174 valence electrons. The molecule has 4 aromatic carbocycles. The Morgan fingerprint density at radius 1 is 0.886 bits per heavy atom. The number of hydrogen-bond donors (Lipinski definition) is 0. The molecule has 0 bridgehead atoms. The van der Waals surface area contributed by atoms with Crippen molar-refractivity contribution >= 4 is 34.0 Å².